The molecule has 0 saturated heterocycles. The lowest BCUT2D eigenvalue weighted by Gasteiger charge is -2.23. The molecular formula is C9H23N3O. The molecular weight excluding hydrogens is 166 g/mol. The summed E-state index contributed by atoms with van der Waals surface area (Å²) in [6.45, 7) is 5.86. The summed E-state index contributed by atoms with van der Waals surface area (Å²) in [5, 5.41) is 9.22. The van der Waals surface area contributed by atoms with Crippen LogP contribution in [0.3, 0.4) is 0 Å². The molecule has 0 rings (SSSR count). The molecule has 0 saturated carbocycles. The maximum absolute atomic E-state index is 9.22. The largest absolute Gasteiger partial charge is 0.392 e. The number of aliphatic hydroxyl groups is 1. The van der Waals surface area contributed by atoms with Gasteiger partial charge in [0.05, 0.1) is 6.10 Å². The molecule has 0 radical (unpaired) electrons. The number of aliphatic hydroxyl groups excluding tert-OH is 1. The van der Waals surface area contributed by atoms with Crippen LogP contribution in [-0.2, 0) is 0 Å². The van der Waals surface area contributed by atoms with E-state index < -0.39 is 0 Å². The van der Waals surface area contributed by atoms with Crippen molar-refractivity contribution in [3.05, 3.63) is 0 Å². The van der Waals surface area contributed by atoms with Crippen LogP contribution in [0, 0.1) is 0 Å². The summed E-state index contributed by atoms with van der Waals surface area (Å²) in [5.41, 5.74) is 10.8. The van der Waals surface area contributed by atoms with E-state index in [2.05, 4.69) is 4.90 Å². The molecule has 5 N–H and O–H groups in total. The van der Waals surface area contributed by atoms with Gasteiger partial charge < -0.3 is 21.5 Å². The molecule has 0 bridgehead atoms. The van der Waals surface area contributed by atoms with E-state index in [0.29, 0.717) is 13.1 Å². The Morgan fingerprint density at radius 3 is 1.92 bits per heavy atom. The summed E-state index contributed by atoms with van der Waals surface area (Å²) < 4.78 is 0. The predicted octanol–water partition coefficient (Wildman–Crippen LogP) is -0.633. The van der Waals surface area contributed by atoms with Gasteiger partial charge in [-0.25, -0.2) is 0 Å². The monoisotopic (exact) mass is 189 g/mol. The molecule has 0 spiro atoms. The van der Waals surface area contributed by atoms with Crippen LogP contribution in [0.5, 0.6) is 0 Å². The lowest BCUT2D eigenvalue weighted by molar-refractivity contribution is 0.125. The Bertz CT molecular complexity index is 101. The zero-order valence-corrected chi connectivity index (χ0v) is 8.58. The molecule has 0 aliphatic rings. The number of hydrogen-bond donors (Lipinski definition) is 3. The van der Waals surface area contributed by atoms with Crippen molar-refractivity contribution in [2.45, 2.75) is 25.9 Å². The molecule has 0 aliphatic heterocycles. The van der Waals surface area contributed by atoms with Gasteiger partial charge in [0.2, 0.25) is 0 Å². The number of nitrogens with zero attached hydrogens (tertiary/aromatic N) is 1. The number of nitrogens with two attached hydrogens (primary N) is 2. The molecule has 0 aliphatic carbocycles. The molecule has 0 fully saturated rings. The van der Waals surface area contributed by atoms with Crippen LogP contribution in [0.2, 0.25) is 0 Å². The maximum Gasteiger partial charge on any atom is 0.0639 e. The second-order valence-electron chi connectivity index (χ2n) is 3.43. The van der Waals surface area contributed by atoms with Gasteiger partial charge in [0.1, 0.15) is 0 Å². The second kappa shape index (κ2) is 8.44. The zero-order valence-electron chi connectivity index (χ0n) is 8.58. The standard InChI is InChI=1S/C9H23N3O/c1-9(13)8-12(6-2-4-10)7-3-5-11/h9,13H,2-8,10-11H2,1H3/t9-/m0/s1. The van der Waals surface area contributed by atoms with Gasteiger partial charge in [-0.3, -0.25) is 0 Å². The zero-order chi connectivity index (χ0) is 10.1. The molecule has 0 aromatic carbocycles. The van der Waals surface area contributed by atoms with Crippen molar-refractivity contribution in [3.63, 3.8) is 0 Å². The summed E-state index contributed by atoms with van der Waals surface area (Å²) >= 11 is 0. The molecule has 80 valence electrons. The van der Waals surface area contributed by atoms with Crippen molar-refractivity contribution in [2.75, 3.05) is 32.7 Å². The Balaban J connectivity index is 3.60. The minimum Gasteiger partial charge on any atom is -0.392 e. The summed E-state index contributed by atoms with van der Waals surface area (Å²) in [6.07, 6.45) is 1.70. The highest BCUT2D eigenvalue weighted by Gasteiger charge is 2.06. The first-order valence-corrected chi connectivity index (χ1v) is 5.01. The van der Waals surface area contributed by atoms with E-state index in [1.54, 1.807) is 6.92 Å². The number of rotatable bonds is 8. The van der Waals surface area contributed by atoms with Gasteiger partial charge in [-0.15, -0.1) is 0 Å². The smallest absolute Gasteiger partial charge is 0.0639 e. The third-order valence-electron chi connectivity index (χ3n) is 1.88. The fraction of sp³-hybridized carbons (Fsp3) is 1.00. The summed E-state index contributed by atoms with van der Waals surface area (Å²) in [4.78, 5) is 2.21. The lowest BCUT2D eigenvalue weighted by Crippen LogP contribution is -2.34. The summed E-state index contributed by atoms with van der Waals surface area (Å²) in [6, 6.07) is 0. The molecule has 4 nitrogen and oxygen atoms in total. The predicted molar refractivity (Wildman–Crippen MR) is 55.5 cm³/mol. The van der Waals surface area contributed by atoms with Crippen LogP contribution in [-0.4, -0.2) is 48.8 Å². The fourth-order valence-electron chi connectivity index (χ4n) is 1.30. The molecule has 0 aromatic rings. The van der Waals surface area contributed by atoms with Crippen molar-refractivity contribution in [3.8, 4) is 0 Å². The highest BCUT2D eigenvalue weighted by Crippen LogP contribution is 1.95. The normalized spacial score (nSPS) is 13.6. The molecule has 0 unspecified atom stereocenters. The van der Waals surface area contributed by atoms with E-state index in [-0.39, 0.29) is 6.10 Å². The van der Waals surface area contributed by atoms with Gasteiger partial charge in [-0.1, -0.05) is 0 Å². The first-order valence-electron chi connectivity index (χ1n) is 5.01. The van der Waals surface area contributed by atoms with Gasteiger partial charge in [0.25, 0.3) is 0 Å². The van der Waals surface area contributed by atoms with Crippen LogP contribution in [0.4, 0.5) is 0 Å². The van der Waals surface area contributed by atoms with Crippen molar-refractivity contribution < 1.29 is 5.11 Å². The fourth-order valence-corrected chi connectivity index (χ4v) is 1.30. The first-order chi connectivity index (χ1) is 6.20. The van der Waals surface area contributed by atoms with Crippen LogP contribution >= 0.6 is 0 Å². The average Bonchev–Trinajstić information content (AvgIpc) is 2.09. The minimum absolute atomic E-state index is 0.268. The second-order valence-corrected chi connectivity index (χ2v) is 3.43. The Morgan fingerprint density at radius 1 is 1.15 bits per heavy atom. The van der Waals surface area contributed by atoms with Crippen molar-refractivity contribution in [1.82, 2.24) is 4.90 Å². The maximum atomic E-state index is 9.22. The van der Waals surface area contributed by atoms with E-state index >= 15 is 0 Å². The quantitative estimate of drug-likeness (QED) is 0.475. The average molecular weight is 189 g/mol. The Hall–Kier alpha value is -0.160. The molecule has 4 heteroatoms. The van der Waals surface area contributed by atoms with Gasteiger partial charge in [0, 0.05) is 6.54 Å². The molecule has 0 aromatic heterocycles. The summed E-state index contributed by atoms with van der Waals surface area (Å²) in [7, 11) is 0. The molecule has 1 atom stereocenters. The third kappa shape index (κ3) is 8.18. The SMILES string of the molecule is C[C@H](O)CN(CCCN)CCCN. The van der Waals surface area contributed by atoms with Crippen LogP contribution in [0.1, 0.15) is 19.8 Å². The van der Waals surface area contributed by atoms with Gasteiger partial charge >= 0.3 is 0 Å². The van der Waals surface area contributed by atoms with Gasteiger partial charge in [-0.05, 0) is 45.9 Å². The minimum atomic E-state index is -0.268. The van der Waals surface area contributed by atoms with E-state index in [1.807, 2.05) is 0 Å². The molecule has 0 amide bonds. The van der Waals surface area contributed by atoms with Gasteiger partial charge in [-0.2, -0.15) is 0 Å². The highest BCUT2D eigenvalue weighted by atomic mass is 16.3. The Morgan fingerprint density at radius 2 is 1.62 bits per heavy atom. The third-order valence-corrected chi connectivity index (χ3v) is 1.88. The highest BCUT2D eigenvalue weighted by molar-refractivity contribution is 4.62. The van der Waals surface area contributed by atoms with Gasteiger partial charge in [0.15, 0.2) is 0 Å². The van der Waals surface area contributed by atoms with Crippen LogP contribution in [0.15, 0.2) is 0 Å². The lowest BCUT2D eigenvalue weighted by atomic mass is 10.3. The van der Waals surface area contributed by atoms with Crippen LogP contribution in [0.25, 0.3) is 0 Å². The topological polar surface area (TPSA) is 75.5 Å². The van der Waals surface area contributed by atoms with Crippen LogP contribution < -0.4 is 11.5 Å². The van der Waals surface area contributed by atoms with E-state index in [9.17, 15) is 5.11 Å². The number of hydrogen-bond acceptors (Lipinski definition) is 4. The van der Waals surface area contributed by atoms with E-state index in [1.165, 1.54) is 0 Å². The Labute approximate surface area is 80.9 Å². The van der Waals surface area contributed by atoms with E-state index in [0.717, 1.165) is 32.5 Å². The van der Waals surface area contributed by atoms with E-state index in [4.69, 9.17) is 11.5 Å². The van der Waals surface area contributed by atoms with Crippen molar-refractivity contribution in [2.24, 2.45) is 11.5 Å². The van der Waals surface area contributed by atoms with Crippen molar-refractivity contribution in [1.29, 1.82) is 0 Å². The molecule has 13 heavy (non-hydrogen) atoms. The molecule has 0 heterocycles. The summed E-state index contributed by atoms with van der Waals surface area (Å²) in [5.74, 6) is 0. The van der Waals surface area contributed by atoms with Crippen molar-refractivity contribution >= 4 is 0 Å². The first kappa shape index (κ1) is 12.8. The Kier molecular flexibility index (Phi) is 8.33.